The zero-order valence-corrected chi connectivity index (χ0v) is 12.4. The maximum Gasteiger partial charge on any atom is 0.170 e. The third kappa shape index (κ3) is 3.20. The fourth-order valence-electron chi connectivity index (χ4n) is 2.22. The summed E-state index contributed by atoms with van der Waals surface area (Å²) in [5, 5.41) is 0.681. The first-order valence-electron chi connectivity index (χ1n) is 6.59. The molecule has 0 saturated carbocycles. The molecule has 0 amide bonds. The zero-order chi connectivity index (χ0) is 14.5. The van der Waals surface area contributed by atoms with E-state index in [0.717, 1.165) is 17.7 Å². The summed E-state index contributed by atoms with van der Waals surface area (Å²) in [5.74, 6) is 0.735. The van der Waals surface area contributed by atoms with Crippen molar-refractivity contribution in [1.29, 1.82) is 0 Å². The summed E-state index contributed by atoms with van der Waals surface area (Å²) in [5.41, 5.74) is 1.70. The quantitative estimate of drug-likeness (QED) is 0.744. The van der Waals surface area contributed by atoms with Gasteiger partial charge in [-0.1, -0.05) is 30.7 Å². The second kappa shape index (κ2) is 6.58. The minimum atomic E-state index is -0.138. The molecule has 2 rings (SSSR count). The van der Waals surface area contributed by atoms with Gasteiger partial charge < -0.3 is 4.74 Å². The smallest absolute Gasteiger partial charge is 0.170 e. The predicted molar refractivity (Wildman–Crippen MR) is 81.8 cm³/mol. The van der Waals surface area contributed by atoms with Gasteiger partial charge in [0.05, 0.1) is 7.11 Å². The maximum absolute atomic E-state index is 12.6. The lowest BCUT2D eigenvalue weighted by molar-refractivity contribution is 0.0957. The van der Waals surface area contributed by atoms with Crippen LogP contribution in [0.4, 0.5) is 0 Å². The van der Waals surface area contributed by atoms with E-state index < -0.39 is 0 Å². The molecule has 0 heterocycles. The average molecular weight is 289 g/mol. The van der Waals surface area contributed by atoms with Gasteiger partial charge in [-0.2, -0.15) is 0 Å². The van der Waals surface area contributed by atoms with Crippen LogP contribution in [0.5, 0.6) is 5.75 Å². The number of carbonyl (C=O) groups excluding carboxylic acids is 1. The van der Waals surface area contributed by atoms with Gasteiger partial charge in [0.15, 0.2) is 5.78 Å². The molecule has 0 aliphatic carbocycles. The van der Waals surface area contributed by atoms with Crippen molar-refractivity contribution >= 4 is 17.4 Å². The number of Topliss-reactive ketones (excluding diaryl/α,β-unsaturated/α-hetero) is 1. The molecule has 2 nitrogen and oxygen atoms in total. The summed E-state index contributed by atoms with van der Waals surface area (Å²) in [6.07, 6.45) is 0.756. The second-order valence-electron chi connectivity index (χ2n) is 4.61. The van der Waals surface area contributed by atoms with E-state index in [1.807, 2.05) is 43.3 Å². The average Bonchev–Trinajstić information content (AvgIpc) is 2.50. The van der Waals surface area contributed by atoms with Crippen molar-refractivity contribution < 1.29 is 9.53 Å². The first-order valence-corrected chi connectivity index (χ1v) is 6.97. The van der Waals surface area contributed by atoms with Crippen LogP contribution in [0.2, 0.25) is 5.02 Å². The number of benzene rings is 2. The van der Waals surface area contributed by atoms with Crippen molar-refractivity contribution in [2.75, 3.05) is 7.11 Å². The Morgan fingerprint density at radius 1 is 1.10 bits per heavy atom. The first kappa shape index (κ1) is 14.6. The van der Waals surface area contributed by atoms with Crippen LogP contribution in [0.15, 0.2) is 48.5 Å². The molecule has 0 spiro atoms. The van der Waals surface area contributed by atoms with Gasteiger partial charge in [-0.25, -0.2) is 0 Å². The molecule has 20 heavy (non-hydrogen) atoms. The Morgan fingerprint density at radius 3 is 2.20 bits per heavy atom. The number of halogens is 1. The first-order chi connectivity index (χ1) is 9.65. The van der Waals surface area contributed by atoms with Crippen LogP contribution in [-0.2, 0) is 0 Å². The van der Waals surface area contributed by atoms with Crippen molar-refractivity contribution in [2.24, 2.45) is 0 Å². The van der Waals surface area contributed by atoms with Crippen LogP contribution in [0.25, 0.3) is 0 Å². The summed E-state index contributed by atoms with van der Waals surface area (Å²) in [4.78, 5) is 12.6. The molecule has 3 heteroatoms. The van der Waals surface area contributed by atoms with Gasteiger partial charge in [-0.3, -0.25) is 4.79 Å². The van der Waals surface area contributed by atoms with E-state index in [4.69, 9.17) is 16.3 Å². The lowest BCUT2D eigenvalue weighted by atomic mass is 9.88. The SMILES string of the molecule is CCC(C(=O)c1ccc(OC)cc1)c1ccc(Cl)cc1. The van der Waals surface area contributed by atoms with Gasteiger partial charge in [0.1, 0.15) is 5.75 Å². The summed E-state index contributed by atoms with van der Waals surface area (Å²) in [6, 6.07) is 14.7. The fourth-order valence-corrected chi connectivity index (χ4v) is 2.35. The van der Waals surface area contributed by atoms with Crippen LogP contribution >= 0.6 is 11.6 Å². The van der Waals surface area contributed by atoms with E-state index in [9.17, 15) is 4.79 Å². The molecular formula is C17H17ClO2. The maximum atomic E-state index is 12.6. The molecule has 0 bridgehead atoms. The summed E-state index contributed by atoms with van der Waals surface area (Å²) in [7, 11) is 1.61. The van der Waals surface area contributed by atoms with Gasteiger partial charge in [0, 0.05) is 16.5 Å². The molecule has 0 fully saturated rings. The molecule has 0 aliphatic heterocycles. The predicted octanol–water partition coefficient (Wildman–Crippen LogP) is 4.73. The van der Waals surface area contributed by atoms with Crippen molar-refractivity contribution in [2.45, 2.75) is 19.3 Å². The van der Waals surface area contributed by atoms with Crippen LogP contribution in [-0.4, -0.2) is 12.9 Å². The molecule has 2 aromatic rings. The zero-order valence-electron chi connectivity index (χ0n) is 11.6. The molecule has 0 N–H and O–H groups in total. The standard InChI is InChI=1S/C17H17ClO2/c1-3-16(12-4-8-14(18)9-5-12)17(19)13-6-10-15(20-2)11-7-13/h4-11,16H,3H2,1-2H3. The number of ketones is 1. The number of hydrogen-bond donors (Lipinski definition) is 0. The van der Waals surface area contributed by atoms with Gasteiger partial charge in [0.25, 0.3) is 0 Å². The second-order valence-corrected chi connectivity index (χ2v) is 5.04. The van der Waals surface area contributed by atoms with Crippen LogP contribution in [0, 0.1) is 0 Å². The van der Waals surface area contributed by atoms with E-state index in [0.29, 0.717) is 10.6 Å². The summed E-state index contributed by atoms with van der Waals surface area (Å²) < 4.78 is 5.11. The molecule has 0 radical (unpaired) electrons. The third-order valence-electron chi connectivity index (χ3n) is 3.37. The molecule has 1 atom stereocenters. The molecule has 104 valence electrons. The number of methoxy groups -OCH3 is 1. The topological polar surface area (TPSA) is 26.3 Å². The monoisotopic (exact) mass is 288 g/mol. The number of hydrogen-bond acceptors (Lipinski definition) is 2. The lowest BCUT2D eigenvalue weighted by Crippen LogP contribution is -2.12. The minimum absolute atomic E-state index is 0.123. The number of rotatable bonds is 5. The molecule has 0 saturated heterocycles. The Bertz CT molecular complexity index is 573. The van der Waals surface area contributed by atoms with E-state index in [2.05, 4.69) is 0 Å². The third-order valence-corrected chi connectivity index (χ3v) is 3.62. The Hall–Kier alpha value is -1.80. The Kier molecular flexibility index (Phi) is 4.80. The Labute approximate surface area is 124 Å². The molecule has 2 aromatic carbocycles. The Balaban J connectivity index is 2.26. The lowest BCUT2D eigenvalue weighted by Gasteiger charge is -2.14. The molecular weight excluding hydrogens is 272 g/mol. The number of carbonyl (C=O) groups is 1. The van der Waals surface area contributed by atoms with E-state index in [1.54, 1.807) is 19.2 Å². The van der Waals surface area contributed by atoms with Gasteiger partial charge in [-0.05, 0) is 48.4 Å². The Morgan fingerprint density at radius 2 is 1.70 bits per heavy atom. The van der Waals surface area contributed by atoms with E-state index >= 15 is 0 Å². The van der Waals surface area contributed by atoms with Crippen molar-refractivity contribution in [3.63, 3.8) is 0 Å². The molecule has 0 aliphatic rings. The molecule has 0 aromatic heterocycles. The van der Waals surface area contributed by atoms with Crippen molar-refractivity contribution in [1.82, 2.24) is 0 Å². The highest BCUT2D eigenvalue weighted by molar-refractivity contribution is 6.30. The van der Waals surface area contributed by atoms with E-state index in [1.165, 1.54) is 0 Å². The van der Waals surface area contributed by atoms with Crippen LogP contribution in [0.1, 0.15) is 35.2 Å². The largest absolute Gasteiger partial charge is 0.497 e. The summed E-state index contributed by atoms with van der Waals surface area (Å²) >= 11 is 5.89. The normalized spacial score (nSPS) is 11.9. The fraction of sp³-hybridized carbons (Fsp3) is 0.235. The minimum Gasteiger partial charge on any atom is -0.497 e. The highest BCUT2D eigenvalue weighted by Gasteiger charge is 2.20. The summed E-state index contributed by atoms with van der Waals surface area (Å²) in [6.45, 7) is 2.01. The van der Waals surface area contributed by atoms with Gasteiger partial charge >= 0.3 is 0 Å². The highest BCUT2D eigenvalue weighted by atomic mass is 35.5. The molecule has 1 unspecified atom stereocenters. The van der Waals surface area contributed by atoms with Gasteiger partial charge in [-0.15, -0.1) is 0 Å². The number of ether oxygens (including phenoxy) is 1. The van der Waals surface area contributed by atoms with Crippen molar-refractivity contribution in [3.05, 3.63) is 64.7 Å². The van der Waals surface area contributed by atoms with E-state index in [-0.39, 0.29) is 11.7 Å². The van der Waals surface area contributed by atoms with Crippen molar-refractivity contribution in [3.8, 4) is 5.75 Å². The van der Waals surface area contributed by atoms with Crippen LogP contribution in [0.3, 0.4) is 0 Å². The van der Waals surface area contributed by atoms with Crippen LogP contribution < -0.4 is 4.74 Å². The highest BCUT2D eigenvalue weighted by Crippen LogP contribution is 2.26. The van der Waals surface area contributed by atoms with Gasteiger partial charge in [0.2, 0.25) is 0 Å².